The molecule has 2 saturated heterocycles. The lowest BCUT2D eigenvalue weighted by Crippen LogP contribution is -2.41. The molecule has 7 nitrogen and oxygen atoms in total. The molecule has 3 amide bonds. The fraction of sp³-hybridized carbons (Fsp3) is 0.389. The topological polar surface area (TPSA) is 84.9 Å². The van der Waals surface area contributed by atoms with Gasteiger partial charge in [0.05, 0.1) is 23.1 Å². The number of thioether (sulfide) groups is 1. The van der Waals surface area contributed by atoms with Gasteiger partial charge in [-0.25, -0.2) is 0 Å². The van der Waals surface area contributed by atoms with Crippen molar-refractivity contribution in [3.63, 3.8) is 0 Å². The standard InChI is InChI=1S/C18H18Cl2N2O5S/c1-26-16-10(5-11(19)7-13(16)20)6-14-17(24)22(18(25)28-14)9-15(23)21-8-12-3-2-4-27-12/h5-7,12H,2-4,8-9H2,1H3,(H,21,23)/b14-6-/t12-/m0/s1. The summed E-state index contributed by atoms with van der Waals surface area (Å²) in [5.41, 5.74) is 0.466. The highest BCUT2D eigenvalue weighted by molar-refractivity contribution is 8.18. The maximum Gasteiger partial charge on any atom is 0.294 e. The Kier molecular flexibility index (Phi) is 6.87. The molecule has 2 aliphatic rings. The number of ether oxygens (including phenoxy) is 2. The molecule has 2 aliphatic heterocycles. The zero-order valence-electron chi connectivity index (χ0n) is 15.0. The first-order chi connectivity index (χ1) is 13.4. The largest absolute Gasteiger partial charge is 0.495 e. The molecule has 0 unspecified atom stereocenters. The van der Waals surface area contributed by atoms with Crippen LogP contribution in [0.25, 0.3) is 6.08 Å². The van der Waals surface area contributed by atoms with Crippen molar-refractivity contribution in [1.29, 1.82) is 0 Å². The van der Waals surface area contributed by atoms with Gasteiger partial charge in [-0.1, -0.05) is 23.2 Å². The van der Waals surface area contributed by atoms with Gasteiger partial charge in [0.2, 0.25) is 5.91 Å². The van der Waals surface area contributed by atoms with Crippen LogP contribution in [0.3, 0.4) is 0 Å². The summed E-state index contributed by atoms with van der Waals surface area (Å²) in [7, 11) is 1.44. The summed E-state index contributed by atoms with van der Waals surface area (Å²) in [6.07, 6.45) is 3.31. The minimum Gasteiger partial charge on any atom is -0.495 e. The molecule has 28 heavy (non-hydrogen) atoms. The van der Waals surface area contributed by atoms with Gasteiger partial charge in [0.15, 0.2) is 0 Å². The van der Waals surface area contributed by atoms with Crippen LogP contribution < -0.4 is 10.1 Å². The first kappa shape index (κ1) is 21.0. The predicted molar refractivity (Wildman–Crippen MR) is 108 cm³/mol. The van der Waals surface area contributed by atoms with Gasteiger partial charge >= 0.3 is 0 Å². The molecule has 10 heteroatoms. The van der Waals surface area contributed by atoms with Gasteiger partial charge in [0.1, 0.15) is 12.3 Å². The summed E-state index contributed by atoms with van der Waals surface area (Å²) in [4.78, 5) is 38.0. The lowest BCUT2D eigenvalue weighted by molar-refractivity contribution is -0.129. The van der Waals surface area contributed by atoms with Crippen molar-refractivity contribution in [3.05, 3.63) is 32.6 Å². The molecule has 0 bridgehead atoms. The highest BCUT2D eigenvalue weighted by Crippen LogP contribution is 2.37. The zero-order valence-corrected chi connectivity index (χ0v) is 17.3. The fourth-order valence-corrected chi connectivity index (χ4v) is 4.33. The van der Waals surface area contributed by atoms with E-state index in [9.17, 15) is 14.4 Å². The summed E-state index contributed by atoms with van der Waals surface area (Å²) in [6.45, 7) is 0.705. The first-order valence-electron chi connectivity index (χ1n) is 8.55. The second kappa shape index (κ2) is 9.17. The van der Waals surface area contributed by atoms with E-state index in [0.717, 1.165) is 29.5 Å². The number of hydrogen-bond acceptors (Lipinski definition) is 6. The highest BCUT2D eigenvalue weighted by atomic mass is 35.5. The van der Waals surface area contributed by atoms with Crippen molar-refractivity contribution in [2.24, 2.45) is 0 Å². The molecular formula is C18H18Cl2N2O5S. The maximum absolute atomic E-state index is 12.6. The number of nitrogens with one attached hydrogen (secondary N) is 1. The molecule has 1 atom stereocenters. The quantitative estimate of drug-likeness (QED) is 0.677. The number of halogens is 2. The van der Waals surface area contributed by atoms with Crippen LogP contribution in [0.5, 0.6) is 5.75 Å². The number of nitrogens with zero attached hydrogens (tertiary/aromatic N) is 1. The second-order valence-electron chi connectivity index (χ2n) is 6.22. The normalized spacial score (nSPS) is 20.9. The number of carbonyl (C=O) groups excluding carboxylic acids is 3. The van der Waals surface area contributed by atoms with Gasteiger partial charge in [0.25, 0.3) is 11.1 Å². The Morgan fingerprint density at radius 3 is 2.89 bits per heavy atom. The molecule has 2 heterocycles. The first-order valence-corrected chi connectivity index (χ1v) is 10.1. The molecule has 0 aromatic heterocycles. The molecule has 1 aromatic carbocycles. The Morgan fingerprint density at radius 1 is 1.43 bits per heavy atom. The van der Waals surface area contributed by atoms with E-state index >= 15 is 0 Å². The highest BCUT2D eigenvalue weighted by Gasteiger charge is 2.36. The number of benzene rings is 1. The Hall–Kier alpha value is -1.74. The Labute approximate surface area is 176 Å². The van der Waals surface area contributed by atoms with Crippen LogP contribution in [0.4, 0.5) is 4.79 Å². The Balaban J connectivity index is 1.69. The number of rotatable bonds is 6. The minimum absolute atomic E-state index is 0.0150. The second-order valence-corrected chi connectivity index (χ2v) is 8.05. The monoisotopic (exact) mass is 444 g/mol. The van der Waals surface area contributed by atoms with E-state index in [1.54, 1.807) is 6.07 Å². The third-order valence-corrected chi connectivity index (χ3v) is 5.66. The summed E-state index contributed by atoms with van der Waals surface area (Å²) in [5, 5.41) is 2.83. The maximum atomic E-state index is 12.6. The van der Waals surface area contributed by atoms with E-state index in [0.29, 0.717) is 29.5 Å². The van der Waals surface area contributed by atoms with Crippen molar-refractivity contribution >= 4 is 58.1 Å². The van der Waals surface area contributed by atoms with Gasteiger partial charge in [-0.15, -0.1) is 0 Å². The van der Waals surface area contributed by atoms with Gasteiger partial charge in [0, 0.05) is 23.7 Å². The van der Waals surface area contributed by atoms with Crippen molar-refractivity contribution in [2.45, 2.75) is 18.9 Å². The van der Waals surface area contributed by atoms with Gasteiger partial charge in [-0.3, -0.25) is 19.3 Å². The molecule has 2 fully saturated rings. The molecule has 0 saturated carbocycles. The van der Waals surface area contributed by atoms with Crippen molar-refractivity contribution < 1.29 is 23.9 Å². The van der Waals surface area contributed by atoms with Gasteiger partial charge < -0.3 is 14.8 Å². The number of hydrogen-bond donors (Lipinski definition) is 1. The van der Waals surface area contributed by atoms with Crippen LogP contribution in [0.2, 0.25) is 10.0 Å². The van der Waals surface area contributed by atoms with E-state index < -0.39 is 17.1 Å². The van der Waals surface area contributed by atoms with Crippen LogP contribution in [0.15, 0.2) is 17.0 Å². The Bertz CT molecular complexity index is 840. The van der Waals surface area contributed by atoms with Crippen molar-refractivity contribution in [2.75, 3.05) is 26.8 Å². The summed E-state index contributed by atoms with van der Waals surface area (Å²) in [5.74, 6) is -0.630. The third kappa shape index (κ3) is 4.81. The summed E-state index contributed by atoms with van der Waals surface area (Å²) < 4.78 is 10.7. The minimum atomic E-state index is -0.555. The van der Waals surface area contributed by atoms with E-state index in [-0.39, 0.29) is 22.6 Å². The van der Waals surface area contributed by atoms with E-state index in [1.807, 2.05) is 0 Å². The van der Waals surface area contributed by atoms with Crippen LogP contribution >= 0.6 is 35.0 Å². The van der Waals surface area contributed by atoms with Crippen molar-refractivity contribution in [1.82, 2.24) is 10.2 Å². The smallest absolute Gasteiger partial charge is 0.294 e. The molecular weight excluding hydrogens is 427 g/mol. The van der Waals surface area contributed by atoms with E-state index in [1.165, 1.54) is 19.3 Å². The SMILES string of the molecule is COc1c(Cl)cc(Cl)cc1/C=C1\SC(=O)N(CC(=O)NC[C@@H]2CCCO2)C1=O. The number of imide groups is 1. The third-order valence-electron chi connectivity index (χ3n) is 4.25. The van der Waals surface area contributed by atoms with Crippen LogP contribution in [0, 0.1) is 0 Å². The number of amides is 3. The van der Waals surface area contributed by atoms with Crippen molar-refractivity contribution in [3.8, 4) is 5.75 Å². The van der Waals surface area contributed by atoms with Gasteiger partial charge in [-0.05, 0) is 42.8 Å². The lowest BCUT2D eigenvalue weighted by atomic mass is 10.2. The fourth-order valence-electron chi connectivity index (χ4n) is 2.91. The summed E-state index contributed by atoms with van der Waals surface area (Å²) in [6, 6.07) is 3.10. The lowest BCUT2D eigenvalue weighted by Gasteiger charge is -2.14. The van der Waals surface area contributed by atoms with Crippen LogP contribution in [-0.4, -0.2) is 54.9 Å². The molecule has 1 aromatic rings. The molecule has 3 rings (SSSR count). The van der Waals surface area contributed by atoms with E-state index in [4.69, 9.17) is 32.7 Å². The average Bonchev–Trinajstić information content (AvgIpc) is 3.24. The van der Waals surface area contributed by atoms with Crippen LogP contribution in [-0.2, 0) is 14.3 Å². The summed E-state index contributed by atoms with van der Waals surface area (Å²) >= 11 is 12.9. The van der Waals surface area contributed by atoms with E-state index in [2.05, 4.69) is 5.32 Å². The van der Waals surface area contributed by atoms with Crippen LogP contribution in [0.1, 0.15) is 18.4 Å². The zero-order chi connectivity index (χ0) is 20.3. The molecule has 0 aliphatic carbocycles. The Morgan fingerprint density at radius 2 is 2.21 bits per heavy atom. The average molecular weight is 445 g/mol. The molecule has 1 N–H and O–H groups in total. The molecule has 0 spiro atoms. The molecule has 0 radical (unpaired) electrons. The van der Waals surface area contributed by atoms with Gasteiger partial charge in [-0.2, -0.15) is 0 Å². The number of carbonyl (C=O) groups is 3. The molecule has 150 valence electrons. The number of methoxy groups -OCH3 is 1. The predicted octanol–water partition coefficient (Wildman–Crippen LogP) is 3.33.